The van der Waals surface area contributed by atoms with E-state index in [4.69, 9.17) is 10.5 Å². The fraction of sp³-hybridized carbons (Fsp3) is 0.667. The average molecular weight is 257 g/mol. The SMILES string of the molecule is CSC(=O)OC1/C=C/CCCCC1CC(N)=O. The topological polar surface area (TPSA) is 69.4 Å². The third-order valence-corrected chi connectivity index (χ3v) is 3.28. The lowest BCUT2D eigenvalue weighted by molar-refractivity contribution is -0.119. The first-order valence-corrected chi connectivity index (χ1v) is 7.05. The summed E-state index contributed by atoms with van der Waals surface area (Å²) in [6.07, 6.45) is 9.56. The Balaban J connectivity index is 2.69. The molecule has 1 rings (SSSR count). The van der Waals surface area contributed by atoms with E-state index < -0.39 is 0 Å². The minimum atomic E-state index is -0.339. The van der Waals surface area contributed by atoms with Gasteiger partial charge in [0.05, 0.1) is 0 Å². The number of thioether (sulfide) groups is 1. The van der Waals surface area contributed by atoms with E-state index >= 15 is 0 Å². The van der Waals surface area contributed by atoms with Crippen LogP contribution in [0.4, 0.5) is 4.79 Å². The molecule has 0 aromatic heterocycles. The van der Waals surface area contributed by atoms with Gasteiger partial charge in [-0.3, -0.25) is 4.79 Å². The van der Waals surface area contributed by atoms with Crippen molar-refractivity contribution in [1.82, 2.24) is 0 Å². The third-order valence-electron chi connectivity index (χ3n) is 2.85. The lowest BCUT2D eigenvalue weighted by Gasteiger charge is -2.24. The van der Waals surface area contributed by atoms with Crippen LogP contribution in [0.2, 0.25) is 0 Å². The molecule has 0 heterocycles. The van der Waals surface area contributed by atoms with Gasteiger partial charge < -0.3 is 10.5 Å². The van der Waals surface area contributed by atoms with Gasteiger partial charge in [0.25, 0.3) is 0 Å². The van der Waals surface area contributed by atoms with Gasteiger partial charge in [0, 0.05) is 12.3 Å². The Morgan fingerprint density at radius 1 is 1.47 bits per heavy atom. The van der Waals surface area contributed by atoms with Crippen molar-refractivity contribution in [3.63, 3.8) is 0 Å². The molecule has 0 aromatic carbocycles. The van der Waals surface area contributed by atoms with Gasteiger partial charge in [-0.2, -0.15) is 0 Å². The first-order valence-electron chi connectivity index (χ1n) is 5.83. The molecule has 4 nitrogen and oxygen atoms in total. The molecule has 96 valence electrons. The van der Waals surface area contributed by atoms with Gasteiger partial charge in [-0.25, -0.2) is 4.79 Å². The molecule has 1 amide bonds. The van der Waals surface area contributed by atoms with Gasteiger partial charge >= 0.3 is 5.30 Å². The van der Waals surface area contributed by atoms with Gasteiger partial charge in [-0.05, 0) is 43.4 Å². The smallest absolute Gasteiger partial charge is 0.367 e. The molecule has 5 heteroatoms. The summed E-state index contributed by atoms with van der Waals surface area (Å²) < 4.78 is 5.32. The van der Waals surface area contributed by atoms with E-state index in [2.05, 4.69) is 0 Å². The zero-order valence-electron chi connectivity index (χ0n) is 10.1. The normalized spacial score (nSPS) is 26.6. The number of amides is 1. The Morgan fingerprint density at radius 2 is 2.24 bits per heavy atom. The van der Waals surface area contributed by atoms with Crippen LogP contribution < -0.4 is 5.73 Å². The number of carbonyl (C=O) groups is 2. The number of ether oxygens (including phenoxy) is 1. The monoisotopic (exact) mass is 257 g/mol. The molecule has 0 saturated heterocycles. The second-order valence-corrected chi connectivity index (χ2v) is 4.92. The Morgan fingerprint density at radius 3 is 2.88 bits per heavy atom. The van der Waals surface area contributed by atoms with Gasteiger partial charge in [-0.1, -0.05) is 12.5 Å². The lowest BCUT2D eigenvalue weighted by Crippen LogP contribution is -2.29. The Labute approximate surface area is 106 Å². The molecule has 0 radical (unpaired) electrons. The van der Waals surface area contributed by atoms with Crippen LogP contribution in [0.3, 0.4) is 0 Å². The van der Waals surface area contributed by atoms with Gasteiger partial charge in [0.1, 0.15) is 6.10 Å². The van der Waals surface area contributed by atoms with E-state index in [0.717, 1.165) is 37.4 Å². The molecule has 0 bridgehead atoms. The van der Waals surface area contributed by atoms with Crippen molar-refractivity contribution in [3.8, 4) is 0 Å². The maximum Gasteiger partial charge on any atom is 0.367 e. The first kappa shape index (κ1) is 14.1. The Hall–Kier alpha value is -0.970. The number of rotatable bonds is 3. The summed E-state index contributed by atoms with van der Waals surface area (Å²) in [5.74, 6) is -0.325. The predicted molar refractivity (Wildman–Crippen MR) is 68.7 cm³/mol. The summed E-state index contributed by atoms with van der Waals surface area (Å²) in [6, 6.07) is 0. The van der Waals surface area contributed by atoms with E-state index in [1.54, 1.807) is 6.26 Å². The molecule has 1 aliphatic carbocycles. The van der Waals surface area contributed by atoms with Crippen LogP contribution in [0.15, 0.2) is 12.2 Å². The first-order chi connectivity index (χ1) is 8.13. The zero-order chi connectivity index (χ0) is 12.7. The van der Waals surface area contributed by atoms with E-state index in [1.807, 2.05) is 12.2 Å². The van der Waals surface area contributed by atoms with Gasteiger partial charge in [0.2, 0.25) is 5.91 Å². The number of primary amides is 1. The number of hydrogen-bond donors (Lipinski definition) is 1. The fourth-order valence-electron chi connectivity index (χ4n) is 1.99. The minimum Gasteiger partial charge on any atom is -0.450 e. The van der Waals surface area contributed by atoms with E-state index in [1.165, 1.54) is 0 Å². The van der Waals surface area contributed by atoms with Crippen molar-refractivity contribution in [2.45, 2.75) is 38.2 Å². The molecule has 0 saturated carbocycles. The summed E-state index contributed by atoms with van der Waals surface area (Å²) in [6.45, 7) is 0. The quantitative estimate of drug-likeness (QED) is 0.623. The average Bonchev–Trinajstić information content (AvgIpc) is 2.26. The maximum absolute atomic E-state index is 11.3. The van der Waals surface area contributed by atoms with E-state index in [0.29, 0.717) is 0 Å². The molecule has 1 aliphatic rings. The highest BCUT2D eigenvalue weighted by molar-refractivity contribution is 8.12. The highest BCUT2D eigenvalue weighted by atomic mass is 32.2. The molecule has 0 aliphatic heterocycles. The molecular weight excluding hydrogens is 238 g/mol. The summed E-state index contributed by atoms with van der Waals surface area (Å²) in [4.78, 5) is 22.3. The van der Waals surface area contributed by atoms with Crippen molar-refractivity contribution in [2.24, 2.45) is 11.7 Å². The lowest BCUT2D eigenvalue weighted by atomic mass is 9.89. The van der Waals surface area contributed by atoms with Crippen molar-refractivity contribution in [1.29, 1.82) is 0 Å². The van der Waals surface area contributed by atoms with Crippen LogP contribution in [0.25, 0.3) is 0 Å². The van der Waals surface area contributed by atoms with Gasteiger partial charge in [0.15, 0.2) is 0 Å². The van der Waals surface area contributed by atoms with Crippen LogP contribution in [0.1, 0.15) is 32.1 Å². The molecule has 17 heavy (non-hydrogen) atoms. The molecular formula is C12H19NO3S. The highest BCUT2D eigenvalue weighted by Crippen LogP contribution is 2.25. The zero-order valence-corrected chi connectivity index (χ0v) is 10.9. The Bertz CT molecular complexity index is 304. The summed E-state index contributed by atoms with van der Waals surface area (Å²) >= 11 is 1.04. The summed E-state index contributed by atoms with van der Waals surface area (Å²) in [5, 5.41) is -0.310. The second-order valence-electron chi connectivity index (χ2n) is 4.18. The third kappa shape index (κ3) is 5.26. The van der Waals surface area contributed by atoms with Crippen LogP contribution in [0, 0.1) is 5.92 Å². The summed E-state index contributed by atoms with van der Waals surface area (Å²) in [5.41, 5.74) is 5.23. The number of nitrogens with two attached hydrogens (primary N) is 1. The summed E-state index contributed by atoms with van der Waals surface area (Å²) in [7, 11) is 0. The number of hydrogen-bond acceptors (Lipinski definition) is 4. The van der Waals surface area contributed by atoms with Crippen LogP contribution in [-0.4, -0.2) is 23.6 Å². The largest absolute Gasteiger partial charge is 0.450 e. The van der Waals surface area contributed by atoms with Gasteiger partial charge in [-0.15, -0.1) is 0 Å². The molecule has 2 atom stereocenters. The fourth-order valence-corrected chi connectivity index (χ4v) is 2.20. The maximum atomic E-state index is 11.3. The van der Waals surface area contributed by atoms with Crippen LogP contribution in [0.5, 0.6) is 0 Å². The van der Waals surface area contributed by atoms with E-state index in [-0.39, 0.29) is 29.7 Å². The highest BCUT2D eigenvalue weighted by Gasteiger charge is 2.25. The molecule has 0 fully saturated rings. The van der Waals surface area contributed by atoms with Crippen molar-refractivity contribution in [3.05, 3.63) is 12.2 Å². The predicted octanol–water partition coefficient (Wildman–Crippen LogP) is 2.48. The van der Waals surface area contributed by atoms with E-state index in [9.17, 15) is 9.59 Å². The van der Waals surface area contributed by atoms with Crippen LogP contribution >= 0.6 is 11.8 Å². The molecule has 0 aromatic rings. The van der Waals surface area contributed by atoms with Crippen molar-refractivity contribution < 1.29 is 14.3 Å². The molecule has 0 spiro atoms. The molecule has 2 N–H and O–H groups in total. The van der Waals surface area contributed by atoms with Crippen molar-refractivity contribution >= 4 is 23.0 Å². The minimum absolute atomic E-state index is 0.0140. The Kier molecular flexibility index (Phi) is 6.11. The standard InChI is InChI=1S/C12H19NO3S/c1-17-12(15)16-10-7-5-3-2-4-6-9(10)8-11(13)14/h5,7,9-10H,2-4,6,8H2,1H3,(H2,13,14)/b7-5+. The number of carbonyl (C=O) groups excluding carboxylic acids is 2. The number of allylic oxidation sites excluding steroid dienone is 1. The second kappa shape index (κ2) is 7.37. The van der Waals surface area contributed by atoms with Crippen LogP contribution in [-0.2, 0) is 9.53 Å². The van der Waals surface area contributed by atoms with Crippen molar-refractivity contribution in [2.75, 3.05) is 6.26 Å². The molecule has 2 unspecified atom stereocenters.